The Kier molecular flexibility index (Phi) is 3.17. The molecule has 0 bridgehead atoms. The van der Waals surface area contributed by atoms with Gasteiger partial charge in [0.2, 0.25) is 0 Å². The van der Waals surface area contributed by atoms with Crippen LogP contribution < -0.4 is 10.2 Å². The molecule has 0 aliphatic carbocycles. The Labute approximate surface area is 104 Å². The number of rotatable bonds is 1. The van der Waals surface area contributed by atoms with Gasteiger partial charge in [-0.15, -0.1) is 0 Å². The van der Waals surface area contributed by atoms with Gasteiger partial charge in [0.05, 0.1) is 13.1 Å². The number of piperidine rings is 1. The summed E-state index contributed by atoms with van der Waals surface area (Å²) in [4.78, 5) is 1.83. The smallest absolute Gasteiger partial charge is 0.163 e. The number of nitrogens with one attached hydrogen (secondary N) is 1. The van der Waals surface area contributed by atoms with Crippen molar-refractivity contribution in [3.63, 3.8) is 0 Å². The Balaban J connectivity index is 1.88. The van der Waals surface area contributed by atoms with Crippen molar-refractivity contribution in [2.45, 2.75) is 38.8 Å². The molecular formula is C15H24N2+2. The van der Waals surface area contributed by atoms with E-state index in [0.717, 1.165) is 6.04 Å². The van der Waals surface area contributed by atoms with E-state index in [2.05, 4.69) is 30.4 Å². The number of fused-ring (bicyclic) bond motifs is 1. The van der Waals surface area contributed by atoms with Gasteiger partial charge in [-0.1, -0.05) is 17.7 Å². The van der Waals surface area contributed by atoms with Crippen LogP contribution in [0.2, 0.25) is 0 Å². The van der Waals surface area contributed by atoms with Crippen molar-refractivity contribution in [3.05, 3.63) is 34.9 Å². The van der Waals surface area contributed by atoms with Gasteiger partial charge in [0.15, 0.2) is 6.04 Å². The highest BCUT2D eigenvalue weighted by atomic mass is 15.2. The molecule has 1 atom stereocenters. The van der Waals surface area contributed by atoms with E-state index < -0.39 is 0 Å². The lowest BCUT2D eigenvalue weighted by Gasteiger charge is -2.33. The number of hydrogen-bond acceptors (Lipinski definition) is 0. The second-order valence-electron chi connectivity index (χ2n) is 5.70. The third-order valence-corrected chi connectivity index (χ3v) is 4.43. The van der Waals surface area contributed by atoms with Gasteiger partial charge >= 0.3 is 0 Å². The third-order valence-electron chi connectivity index (χ3n) is 4.43. The second kappa shape index (κ2) is 4.79. The summed E-state index contributed by atoms with van der Waals surface area (Å²) in [5.74, 6) is 0. The van der Waals surface area contributed by atoms with Crippen LogP contribution in [0, 0.1) is 6.92 Å². The van der Waals surface area contributed by atoms with Crippen LogP contribution in [0.4, 0.5) is 0 Å². The first kappa shape index (κ1) is 11.2. The Hall–Kier alpha value is -0.860. The number of aryl methyl sites for hydroxylation is 1. The number of nitrogens with two attached hydrogens (primary N) is 1. The fourth-order valence-corrected chi connectivity index (χ4v) is 3.52. The summed E-state index contributed by atoms with van der Waals surface area (Å²) in [6, 6.07) is 7.82. The summed E-state index contributed by atoms with van der Waals surface area (Å²) in [5.41, 5.74) is 4.63. The molecule has 2 heterocycles. The molecule has 2 aliphatic rings. The van der Waals surface area contributed by atoms with Crippen molar-refractivity contribution >= 4 is 0 Å². The predicted octanol–water partition coefficient (Wildman–Crippen LogP) is 0.182. The van der Waals surface area contributed by atoms with E-state index in [0.29, 0.717) is 0 Å². The molecule has 0 amide bonds. The second-order valence-corrected chi connectivity index (χ2v) is 5.70. The quantitative estimate of drug-likeness (QED) is 0.689. The Morgan fingerprint density at radius 3 is 2.82 bits per heavy atom. The van der Waals surface area contributed by atoms with Crippen LogP contribution >= 0.6 is 0 Å². The van der Waals surface area contributed by atoms with Crippen LogP contribution in [0.25, 0.3) is 0 Å². The molecule has 0 unspecified atom stereocenters. The summed E-state index contributed by atoms with van der Waals surface area (Å²) in [6.45, 7) is 7.43. The molecule has 0 radical (unpaired) electrons. The minimum atomic E-state index is 0.750. The Morgan fingerprint density at radius 1 is 1.18 bits per heavy atom. The Morgan fingerprint density at radius 2 is 2.00 bits per heavy atom. The van der Waals surface area contributed by atoms with Crippen molar-refractivity contribution in [1.82, 2.24) is 0 Å². The van der Waals surface area contributed by atoms with E-state index >= 15 is 0 Å². The lowest BCUT2D eigenvalue weighted by atomic mass is 9.93. The minimum absolute atomic E-state index is 0.750. The van der Waals surface area contributed by atoms with Gasteiger partial charge in [-0.2, -0.15) is 0 Å². The van der Waals surface area contributed by atoms with Gasteiger partial charge in [-0.25, -0.2) is 0 Å². The fraction of sp³-hybridized carbons (Fsp3) is 0.600. The van der Waals surface area contributed by atoms with Gasteiger partial charge in [0, 0.05) is 11.1 Å². The summed E-state index contributed by atoms with van der Waals surface area (Å²) in [6.07, 6.45) is 4.29. The molecule has 3 N–H and O–H groups in total. The molecule has 2 nitrogen and oxygen atoms in total. The van der Waals surface area contributed by atoms with Crippen LogP contribution in [0.3, 0.4) is 0 Å². The lowest BCUT2D eigenvalue weighted by molar-refractivity contribution is -0.952. The standard InChI is InChI=1S/C15H22N2/c1-12-5-6-14-13(9-12)10-16-11-15(14)17-7-3-2-4-8-17/h5-6,9,15-16H,2-4,7-8,10-11H2,1H3/p+2/t15-/m1/s1. The molecule has 1 aromatic carbocycles. The Bertz CT molecular complexity index is 394. The van der Waals surface area contributed by atoms with Crippen LogP contribution in [0.1, 0.15) is 42.0 Å². The van der Waals surface area contributed by atoms with Crippen molar-refractivity contribution < 1.29 is 10.2 Å². The number of quaternary nitrogens is 2. The molecule has 92 valence electrons. The highest BCUT2D eigenvalue weighted by Gasteiger charge is 2.32. The van der Waals surface area contributed by atoms with Gasteiger partial charge in [-0.05, 0) is 32.3 Å². The molecule has 0 spiro atoms. The largest absolute Gasteiger partial charge is 0.337 e. The maximum absolute atomic E-state index is 2.49. The van der Waals surface area contributed by atoms with Gasteiger partial charge in [0.1, 0.15) is 13.1 Å². The predicted molar refractivity (Wildman–Crippen MR) is 69.0 cm³/mol. The van der Waals surface area contributed by atoms with Crippen molar-refractivity contribution in [1.29, 1.82) is 0 Å². The zero-order valence-corrected chi connectivity index (χ0v) is 10.8. The van der Waals surface area contributed by atoms with Gasteiger partial charge < -0.3 is 10.2 Å². The maximum atomic E-state index is 2.49. The molecule has 1 aromatic rings. The summed E-state index contributed by atoms with van der Waals surface area (Å²) in [5, 5.41) is 2.49. The number of likely N-dealkylation sites (tertiary alicyclic amines) is 1. The summed E-state index contributed by atoms with van der Waals surface area (Å²) in [7, 11) is 0. The maximum Gasteiger partial charge on any atom is 0.163 e. The minimum Gasteiger partial charge on any atom is -0.337 e. The van der Waals surface area contributed by atoms with E-state index in [-0.39, 0.29) is 0 Å². The van der Waals surface area contributed by atoms with Gasteiger partial charge in [-0.3, -0.25) is 0 Å². The first-order chi connectivity index (χ1) is 8.34. The van der Waals surface area contributed by atoms with E-state index in [4.69, 9.17) is 0 Å². The van der Waals surface area contributed by atoms with Crippen LogP contribution in [0.15, 0.2) is 18.2 Å². The average molecular weight is 232 g/mol. The summed E-state index contributed by atoms with van der Waals surface area (Å²) < 4.78 is 0. The van der Waals surface area contributed by atoms with E-state index in [1.807, 2.05) is 4.90 Å². The molecule has 1 fully saturated rings. The first-order valence-electron chi connectivity index (χ1n) is 7.10. The van der Waals surface area contributed by atoms with E-state index in [9.17, 15) is 0 Å². The molecule has 0 saturated carbocycles. The topological polar surface area (TPSA) is 21.1 Å². The average Bonchev–Trinajstić information content (AvgIpc) is 2.39. The molecule has 0 aromatic heterocycles. The SMILES string of the molecule is Cc1ccc2c(c1)C[NH2+]C[C@H]2[NH+]1CCCCC1. The third kappa shape index (κ3) is 2.24. The normalized spacial score (nSPS) is 25.6. The van der Waals surface area contributed by atoms with E-state index in [1.54, 1.807) is 11.1 Å². The highest BCUT2D eigenvalue weighted by Crippen LogP contribution is 2.19. The molecule has 1 saturated heterocycles. The number of benzene rings is 1. The van der Waals surface area contributed by atoms with Gasteiger partial charge in [0.25, 0.3) is 0 Å². The van der Waals surface area contributed by atoms with Crippen molar-refractivity contribution in [3.8, 4) is 0 Å². The molecule has 17 heavy (non-hydrogen) atoms. The first-order valence-corrected chi connectivity index (χ1v) is 7.10. The monoisotopic (exact) mass is 232 g/mol. The van der Waals surface area contributed by atoms with Crippen molar-refractivity contribution in [2.75, 3.05) is 19.6 Å². The van der Waals surface area contributed by atoms with E-state index in [1.165, 1.54) is 51.0 Å². The number of hydrogen-bond donors (Lipinski definition) is 2. The van der Waals surface area contributed by atoms with Crippen molar-refractivity contribution in [2.24, 2.45) is 0 Å². The molecule has 2 heteroatoms. The fourth-order valence-electron chi connectivity index (χ4n) is 3.52. The highest BCUT2D eigenvalue weighted by molar-refractivity contribution is 5.33. The zero-order chi connectivity index (χ0) is 11.7. The lowest BCUT2D eigenvalue weighted by Crippen LogP contribution is -3.16. The summed E-state index contributed by atoms with van der Waals surface area (Å²) >= 11 is 0. The zero-order valence-electron chi connectivity index (χ0n) is 10.8. The van der Waals surface area contributed by atoms with Crippen LogP contribution in [-0.2, 0) is 6.54 Å². The van der Waals surface area contributed by atoms with Crippen LogP contribution in [0.5, 0.6) is 0 Å². The molecule has 3 rings (SSSR count). The van der Waals surface area contributed by atoms with Crippen LogP contribution in [-0.4, -0.2) is 19.6 Å². The molecular weight excluding hydrogens is 208 g/mol. The molecule has 2 aliphatic heterocycles.